The summed E-state index contributed by atoms with van der Waals surface area (Å²) in [5, 5.41) is 2.81. The smallest absolute Gasteiger partial charge is 0.252 e. The molecule has 0 atom stereocenters. The number of benzene rings is 2. The number of hydrogen-bond acceptors (Lipinski definition) is 4. The van der Waals surface area contributed by atoms with Gasteiger partial charge in [-0.15, -0.1) is 11.3 Å². The summed E-state index contributed by atoms with van der Waals surface area (Å²) in [5.74, 6) is 0. The van der Waals surface area contributed by atoms with Gasteiger partial charge in [0.25, 0.3) is 5.56 Å². The molecule has 0 saturated heterocycles. The number of sulfonamides is 1. The maximum absolute atomic E-state index is 13.7. The third-order valence-electron chi connectivity index (χ3n) is 6.15. The van der Waals surface area contributed by atoms with Gasteiger partial charge < -0.3 is 4.98 Å². The van der Waals surface area contributed by atoms with Gasteiger partial charge in [-0.25, -0.2) is 8.42 Å². The van der Waals surface area contributed by atoms with Gasteiger partial charge in [0.1, 0.15) is 0 Å². The van der Waals surface area contributed by atoms with Crippen molar-refractivity contribution in [3.63, 3.8) is 0 Å². The van der Waals surface area contributed by atoms with E-state index in [2.05, 4.69) is 25.8 Å². The molecule has 0 aliphatic carbocycles. The molecule has 0 saturated carbocycles. The zero-order valence-corrected chi connectivity index (χ0v) is 21.8. The molecule has 2 heterocycles. The quantitative estimate of drug-likeness (QED) is 0.363. The van der Waals surface area contributed by atoms with Gasteiger partial charge in [-0.05, 0) is 83.1 Å². The fraction of sp³-hybridized carbons (Fsp3) is 0.296. The zero-order chi connectivity index (χ0) is 24.7. The second kappa shape index (κ2) is 9.13. The van der Waals surface area contributed by atoms with E-state index in [9.17, 15) is 13.2 Å². The van der Waals surface area contributed by atoms with Crippen molar-refractivity contribution in [1.82, 2.24) is 9.29 Å². The van der Waals surface area contributed by atoms with Gasteiger partial charge in [0.15, 0.2) is 0 Å². The van der Waals surface area contributed by atoms with Crippen LogP contribution in [0.3, 0.4) is 0 Å². The molecular formula is C27H30N2O3S2. The van der Waals surface area contributed by atoms with Gasteiger partial charge in [-0.3, -0.25) is 4.79 Å². The summed E-state index contributed by atoms with van der Waals surface area (Å²) >= 11 is 1.50. The lowest BCUT2D eigenvalue weighted by atomic mass is 9.87. The summed E-state index contributed by atoms with van der Waals surface area (Å²) in [4.78, 5) is 17.0. The molecule has 4 rings (SSSR count). The molecule has 0 amide bonds. The second-order valence-corrected chi connectivity index (χ2v) is 12.7. The first-order chi connectivity index (χ1) is 15.9. The molecule has 0 spiro atoms. The van der Waals surface area contributed by atoms with Crippen LogP contribution in [0.15, 0.2) is 69.7 Å². The Morgan fingerprint density at radius 2 is 1.62 bits per heavy atom. The molecule has 0 radical (unpaired) electrons. The van der Waals surface area contributed by atoms with E-state index in [0.717, 1.165) is 32.5 Å². The Morgan fingerprint density at radius 3 is 2.24 bits per heavy atom. The molecule has 0 bridgehead atoms. The number of nitrogens with zero attached hydrogens (tertiary/aromatic N) is 1. The van der Waals surface area contributed by atoms with E-state index in [0.29, 0.717) is 5.56 Å². The molecule has 7 heteroatoms. The van der Waals surface area contributed by atoms with E-state index >= 15 is 0 Å². The number of rotatable bonds is 6. The first kappa shape index (κ1) is 24.4. The predicted molar refractivity (Wildman–Crippen MR) is 140 cm³/mol. The molecule has 34 heavy (non-hydrogen) atoms. The van der Waals surface area contributed by atoms with Gasteiger partial charge >= 0.3 is 0 Å². The Labute approximate surface area is 205 Å². The average Bonchev–Trinajstić information content (AvgIpc) is 3.28. The van der Waals surface area contributed by atoms with Crippen molar-refractivity contribution in [2.75, 3.05) is 0 Å². The molecule has 1 N–H and O–H groups in total. The van der Waals surface area contributed by atoms with Crippen LogP contribution in [0.25, 0.3) is 10.9 Å². The maximum atomic E-state index is 13.7. The van der Waals surface area contributed by atoms with E-state index in [4.69, 9.17) is 0 Å². The summed E-state index contributed by atoms with van der Waals surface area (Å²) in [5.41, 5.74) is 4.10. The van der Waals surface area contributed by atoms with Crippen molar-refractivity contribution in [3.05, 3.63) is 97.5 Å². The van der Waals surface area contributed by atoms with Crippen LogP contribution in [-0.2, 0) is 28.5 Å². The van der Waals surface area contributed by atoms with Crippen molar-refractivity contribution in [3.8, 4) is 0 Å². The SMILES string of the molecule is Cc1cc2cc(CN(Cc3cccs3)S(=O)(=O)c3ccc(C(C)(C)C)cc3)c(=O)[nH]c2cc1C. The lowest BCUT2D eigenvalue weighted by Crippen LogP contribution is -2.32. The van der Waals surface area contributed by atoms with E-state index in [1.165, 1.54) is 15.6 Å². The molecule has 178 valence electrons. The average molecular weight is 495 g/mol. The number of aromatic amines is 1. The summed E-state index contributed by atoms with van der Waals surface area (Å²) in [6.07, 6.45) is 0. The van der Waals surface area contributed by atoms with Crippen LogP contribution < -0.4 is 5.56 Å². The van der Waals surface area contributed by atoms with E-state index in [-0.39, 0.29) is 29.0 Å². The van der Waals surface area contributed by atoms with Gasteiger partial charge in [0.2, 0.25) is 10.0 Å². The third-order valence-corrected chi connectivity index (χ3v) is 8.82. The normalized spacial score (nSPS) is 12.5. The minimum atomic E-state index is -3.84. The van der Waals surface area contributed by atoms with Crippen LogP contribution in [0.2, 0.25) is 0 Å². The van der Waals surface area contributed by atoms with Gasteiger partial charge in [0, 0.05) is 29.0 Å². The highest BCUT2D eigenvalue weighted by atomic mass is 32.2. The van der Waals surface area contributed by atoms with Crippen LogP contribution in [0.5, 0.6) is 0 Å². The van der Waals surface area contributed by atoms with Crippen LogP contribution in [0.1, 0.15) is 47.9 Å². The van der Waals surface area contributed by atoms with Gasteiger partial charge in [0.05, 0.1) is 4.90 Å². The molecule has 5 nitrogen and oxygen atoms in total. The number of H-pyrrole nitrogens is 1. The summed E-state index contributed by atoms with van der Waals surface area (Å²) in [6.45, 7) is 10.5. The Morgan fingerprint density at radius 1 is 0.941 bits per heavy atom. The zero-order valence-electron chi connectivity index (χ0n) is 20.2. The highest BCUT2D eigenvalue weighted by molar-refractivity contribution is 7.89. The standard InChI is InChI=1S/C27H30N2O3S2/c1-18-13-20-15-21(26(30)28-25(20)14-19(18)2)16-29(17-23-7-6-12-33-23)34(31,32)24-10-8-22(9-11-24)27(3,4)5/h6-15H,16-17H2,1-5H3,(H,28,30). The second-order valence-electron chi connectivity index (χ2n) is 9.77. The molecule has 0 aliphatic rings. The minimum absolute atomic E-state index is 0.0144. The highest BCUT2D eigenvalue weighted by Gasteiger charge is 2.27. The molecule has 2 aromatic carbocycles. The van der Waals surface area contributed by atoms with Crippen molar-refractivity contribution < 1.29 is 8.42 Å². The lowest BCUT2D eigenvalue weighted by Gasteiger charge is -2.23. The Hall–Kier alpha value is -2.74. The number of thiophene rings is 1. The van der Waals surface area contributed by atoms with Crippen LogP contribution in [0.4, 0.5) is 0 Å². The number of pyridine rings is 1. The number of fused-ring (bicyclic) bond motifs is 1. The van der Waals surface area contributed by atoms with E-state index < -0.39 is 10.0 Å². The Balaban J connectivity index is 1.75. The van der Waals surface area contributed by atoms with Gasteiger partial charge in [-0.2, -0.15) is 4.31 Å². The molecule has 2 aromatic heterocycles. The summed E-state index contributed by atoms with van der Waals surface area (Å²) < 4.78 is 28.8. The first-order valence-corrected chi connectivity index (χ1v) is 13.5. The predicted octanol–water partition coefficient (Wildman–Crippen LogP) is 5.90. The number of aryl methyl sites for hydroxylation is 2. The van der Waals surface area contributed by atoms with Crippen molar-refractivity contribution in [2.24, 2.45) is 0 Å². The topological polar surface area (TPSA) is 70.2 Å². The summed E-state index contributed by atoms with van der Waals surface area (Å²) in [7, 11) is -3.84. The summed E-state index contributed by atoms with van der Waals surface area (Å²) in [6, 6.07) is 16.6. The van der Waals surface area contributed by atoms with Crippen molar-refractivity contribution >= 4 is 32.3 Å². The monoisotopic (exact) mass is 494 g/mol. The molecule has 0 aliphatic heterocycles. The third kappa shape index (κ3) is 5.02. The molecule has 0 unspecified atom stereocenters. The molecular weight excluding hydrogens is 464 g/mol. The Bertz CT molecular complexity index is 1480. The first-order valence-electron chi connectivity index (χ1n) is 11.2. The largest absolute Gasteiger partial charge is 0.322 e. The highest BCUT2D eigenvalue weighted by Crippen LogP contribution is 2.27. The fourth-order valence-electron chi connectivity index (χ4n) is 3.91. The van der Waals surface area contributed by atoms with E-state index in [1.807, 2.05) is 55.6 Å². The van der Waals surface area contributed by atoms with Crippen LogP contribution >= 0.6 is 11.3 Å². The minimum Gasteiger partial charge on any atom is -0.322 e. The lowest BCUT2D eigenvalue weighted by molar-refractivity contribution is 0.402. The Kier molecular flexibility index (Phi) is 6.55. The fourth-order valence-corrected chi connectivity index (χ4v) is 6.11. The molecule has 0 fully saturated rings. The van der Waals surface area contributed by atoms with Crippen molar-refractivity contribution in [1.29, 1.82) is 0 Å². The van der Waals surface area contributed by atoms with Crippen LogP contribution in [-0.4, -0.2) is 17.7 Å². The van der Waals surface area contributed by atoms with Crippen LogP contribution in [0, 0.1) is 13.8 Å². The number of nitrogens with one attached hydrogen (secondary N) is 1. The van der Waals surface area contributed by atoms with Crippen molar-refractivity contribution in [2.45, 2.75) is 58.0 Å². The van der Waals surface area contributed by atoms with Gasteiger partial charge in [-0.1, -0.05) is 39.0 Å². The number of aromatic nitrogens is 1. The maximum Gasteiger partial charge on any atom is 0.252 e. The van der Waals surface area contributed by atoms with E-state index in [1.54, 1.807) is 18.2 Å². The molecule has 4 aromatic rings. The number of hydrogen-bond donors (Lipinski definition) is 1.